The van der Waals surface area contributed by atoms with Crippen molar-refractivity contribution in [1.82, 2.24) is 9.80 Å². The number of carboxylic acids is 1. The summed E-state index contributed by atoms with van der Waals surface area (Å²) in [6, 6.07) is 0. The summed E-state index contributed by atoms with van der Waals surface area (Å²) < 4.78 is 0. The van der Waals surface area contributed by atoms with Crippen LogP contribution in [0, 0.1) is 5.92 Å². The summed E-state index contributed by atoms with van der Waals surface area (Å²) in [7, 11) is 0. The molecule has 2 rings (SSSR count). The fraction of sp³-hybridized carbons (Fsp3) is 0.867. The summed E-state index contributed by atoms with van der Waals surface area (Å²) in [5, 5.41) is 9.47. The quantitative estimate of drug-likeness (QED) is 0.853. The third kappa shape index (κ3) is 3.14. The van der Waals surface area contributed by atoms with E-state index in [1.165, 1.54) is 6.42 Å². The van der Waals surface area contributed by atoms with Crippen molar-refractivity contribution in [2.75, 3.05) is 26.2 Å². The lowest BCUT2D eigenvalue weighted by Gasteiger charge is -2.42. The van der Waals surface area contributed by atoms with Gasteiger partial charge in [0.05, 0.1) is 6.54 Å². The van der Waals surface area contributed by atoms with E-state index in [4.69, 9.17) is 0 Å². The van der Waals surface area contributed by atoms with Crippen LogP contribution >= 0.6 is 0 Å². The van der Waals surface area contributed by atoms with Gasteiger partial charge in [-0.2, -0.15) is 0 Å². The standard InChI is InChI=1S/C15H26N2O3/c1-12-6-5-8-16(10-12)13(18)11-17-9-4-3-7-15(17,2)14(19)20/h12H,3-11H2,1-2H3,(H,19,20). The predicted molar refractivity (Wildman–Crippen MR) is 76.4 cm³/mol. The van der Waals surface area contributed by atoms with Gasteiger partial charge < -0.3 is 10.0 Å². The van der Waals surface area contributed by atoms with E-state index in [1.54, 1.807) is 6.92 Å². The molecule has 5 nitrogen and oxygen atoms in total. The smallest absolute Gasteiger partial charge is 0.323 e. The van der Waals surface area contributed by atoms with E-state index in [1.807, 2.05) is 9.80 Å². The van der Waals surface area contributed by atoms with Gasteiger partial charge in [0.25, 0.3) is 0 Å². The largest absolute Gasteiger partial charge is 0.480 e. The average molecular weight is 282 g/mol. The summed E-state index contributed by atoms with van der Waals surface area (Å²) in [6.07, 6.45) is 4.77. The summed E-state index contributed by atoms with van der Waals surface area (Å²) in [5.41, 5.74) is -0.880. The number of amides is 1. The van der Waals surface area contributed by atoms with Gasteiger partial charge in [-0.3, -0.25) is 14.5 Å². The normalized spacial score (nSPS) is 32.1. The molecule has 0 saturated carbocycles. The molecule has 0 bridgehead atoms. The number of carbonyl (C=O) groups is 2. The zero-order valence-corrected chi connectivity index (χ0v) is 12.6. The number of aliphatic carboxylic acids is 1. The van der Waals surface area contributed by atoms with Crippen LogP contribution in [-0.2, 0) is 9.59 Å². The van der Waals surface area contributed by atoms with E-state index in [0.717, 1.165) is 32.4 Å². The molecule has 0 aromatic rings. The minimum atomic E-state index is -0.880. The van der Waals surface area contributed by atoms with Crippen molar-refractivity contribution in [1.29, 1.82) is 0 Å². The molecular weight excluding hydrogens is 256 g/mol. The molecule has 2 atom stereocenters. The molecule has 2 saturated heterocycles. The molecule has 114 valence electrons. The molecule has 2 aliphatic heterocycles. The average Bonchev–Trinajstić information content (AvgIpc) is 2.41. The van der Waals surface area contributed by atoms with E-state index in [0.29, 0.717) is 18.9 Å². The van der Waals surface area contributed by atoms with Gasteiger partial charge in [-0.05, 0) is 51.5 Å². The second-order valence-electron chi connectivity index (χ2n) is 6.54. The zero-order chi connectivity index (χ0) is 14.8. The first-order chi connectivity index (χ1) is 9.43. The number of carbonyl (C=O) groups excluding carboxylic acids is 1. The zero-order valence-electron chi connectivity index (χ0n) is 12.6. The van der Waals surface area contributed by atoms with Gasteiger partial charge >= 0.3 is 5.97 Å². The Morgan fingerprint density at radius 1 is 1.25 bits per heavy atom. The Hall–Kier alpha value is -1.10. The van der Waals surface area contributed by atoms with Gasteiger partial charge in [0, 0.05) is 13.1 Å². The lowest BCUT2D eigenvalue weighted by atomic mass is 9.88. The lowest BCUT2D eigenvalue weighted by molar-refractivity contribution is -0.155. The highest BCUT2D eigenvalue weighted by Gasteiger charge is 2.42. The lowest BCUT2D eigenvalue weighted by Crippen LogP contribution is -2.58. The van der Waals surface area contributed by atoms with Gasteiger partial charge in [0.15, 0.2) is 0 Å². The highest BCUT2D eigenvalue weighted by Crippen LogP contribution is 2.28. The van der Waals surface area contributed by atoms with Crippen molar-refractivity contribution in [3.63, 3.8) is 0 Å². The number of nitrogens with zero attached hydrogens (tertiary/aromatic N) is 2. The van der Waals surface area contributed by atoms with Crippen LogP contribution in [0.25, 0.3) is 0 Å². The number of hydrogen-bond donors (Lipinski definition) is 1. The van der Waals surface area contributed by atoms with E-state index in [9.17, 15) is 14.7 Å². The van der Waals surface area contributed by atoms with E-state index >= 15 is 0 Å². The van der Waals surface area contributed by atoms with Crippen LogP contribution in [0.15, 0.2) is 0 Å². The van der Waals surface area contributed by atoms with Crippen molar-refractivity contribution in [3.8, 4) is 0 Å². The molecule has 2 heterocycles. The summed E-state index contributed by atoms with van der Waals surface area (Å²) in [4.78, 5) is 27.7. The molecule has 1 N–H and O–H groups in total. The molecular formula is C15H26N2O3. The summed E-state index contributed by atoms with van der Waals surface area (Å²) in [6.45, 7) is 6.51. The molecule has 1 amide bonds. The maximum atomic E-state index is 12.4. The number of hydrogen-bond acceptors (Lipinski definition) is 3. The first-order valence-electron chi connectivity index (χ1n) is 7.69. The van der Waals surface area contributed by atoms with E-state index in [-0.39, 0.29) is 12.5 Å². The Balaban J connectivity index is 1.99. The molecule has 5 heteroatoms. The Morgan fingerprint density at radius 2 is 2.00 bits per heavy atom. The van der Waals surface area contributed by atoms with Crippen LogP contribution in [0.4, 0.5) is 0 Å². The Labute approximate surface area is 120 Å². The fourth-order valence-corrected chi connectivity index (χ4v) is 3.35. The maximum absolute atomic E-state index is 12.4. The number of rotatable bonds is 3. The van der Waals surface area contributed by atoms with Crippen molar-refractivity contribution >= 4 is 11.9 Å². The van der Waals surface area contributed by atoms with Crippen molar-refractivity contribution in [3.05, 3.63) is 0 Å². The number of piperidine rings is 2. The number of carboxylic acid groups (broad SMARTS) is 1. The van der Waals surface area contributed by atoms with Gasteiger partial charge in [0.1, 0.15) is 5.54 Å². The topological polar surface area (TPSA) is 60.9 Å². The van der Waals surface area contributed by atoms with Crippen molar-refractivity contribution in [2.45, 2.75) is 51.5 Å². The van der Waals surface area contributed by atoms with Crippen LogP contribution in [0.5, 0.6) is 0 Å². The van der Waals surface area contributed by atoms with Gasteiger partial charge in [-0.25, -0.2) is 0 Å². The van der Waals surface area contributed by atoms with Crippen molar-refractivity contribution in [2.24, 2.45) is 5.92 Å². The molecule has 0 aromatic heterocycles. The highest BCUT2D eigenvalue weighted by molar-refractivity contribution is 5.82. The summed E-state index contributed by atoms with van der Waals surface area (Å²) >= 11 is 0. The highest BCUT2D eigenvalue weighted by atomic mass is 16.4. The second kappa shape index (κ2) is 6.12. The molecule has 2 fully saturated rings. The van der Waals surface area contributed by atoms with Gasteiger partial charge in [0.2, 0.25) is 5.91 Å². The summed E-state index contributed by atoms with van der Waals surface area (Å²) in [5.74, 6) is -0.164. The van der Waals surface area contributed by atoms with Crippen LogP contribution in [0.2, 0.25) is 0 Å². The molecule has 0 spiro atoms. The molecule has 0 aliphatic carbocycles. The monoisotopic (exact) mass is 282 g/mol. The van der Waals surface area contributed by atoms with Crippen molar-refractivity contribution < 1.29 is 14.7 Å². The fourth-order valence-electron chi connectivity index (χ4n) is 3.35. The number of likely N-dealkylation sites (tertiary alicyclic amines) is 2. The van der Waals surface area contributed by atoms with Gasteiger partial charge in [-0.15, -0.1) is 0 Å². The van der Waals surface area contributed by atoms with Gasteiger partial charge in [-0.1, -0.05) is 6.92 Å². The molecule has 0 aromatic carbocycles. The first-order valence-corrected chi connectivity index (χ1v) is 7.69. The predicted octanol–water partition coefficient (Wildman–Crippen LogP) is 1.57. The molecule has 20 heavy (non-hydrogen) atoms. The minimum Gasteiger partial charge on any atom is -0.480 e. The Kier molecular flexibility index (Phi) is 4.68. The first kappa shape index (κ1) is 15.3. The SMILES string of the molecule is CC1CCCN(C(=O)CN2CCCCC2(C)C(=O)O)C1. The van der Waals surface area contributed by atoms with Crippen LogP contribution in [-0.4, -0.2) is 58.5 Å². The minimum absolute atomic E-state index is 0.0888. The second-order valence-corrected chi connectivity index (χ2v) is 6.54. The van der Waals surface area contributed by atoms with Crippen LogP contribution in [0.3, 0.4) is 0 Å². The van der Waals surface area contributed by atoms with Crippen LogP contribution in [0.1, 0.15) is 46.0 Å². The maximum Gasteiger partial charge on any atom is 0.323 e. The molecule has 2 aliphatic rings. The Morgan fingerprint density at radius 3 is 2.65 bits per heavy atom. The third-order valence-corrected chi connectivity index (χ3v) is 4.84. The third-order valence-electron chi connectivity index (χ3n) is 4.84. The molecule has 0 radical (unpaired) electrons. The van der Waals surface area contributed by atoms with Crippen LogP contribution < -0.4 is 0 Å². The Bertz CT molecular complexity index is 385. The molecule has 2 unspecified atom stereocenters. The van der Waals surface area contributed by atoms with E-state index in [2.05, 4.69) is 6.92 Å². The van der Waals surface area contributed by atoms with E-state index < -0.39 is 11.5 Å².